The molecule has 0 bridgehead atoms. The third-order valence-electron chi connectivity index (χ3n) is 4.11. The maximum Gasteiger partial charge on any atom is 0.342 e. The van der Waals surface area contributed by atoms with Crippen LogP contribution in [-0.4, -0.2) is 26.9 Å². The number of esters is 1. The summed E-state index contributed by atoms with van der Waals surface area (Å²) in [6.45, 7) is 3.66. The van der Waals surface area contributed by atoms with E-state index < -0.39 is 11.5 Å². The molecular formula is C19H18N6O3. The summed E-state index contributed by atoms with van der Waals surface area (Å²) in [6.07, 6.45) is 3.05. The lowest BCUT2D eigenvalue weighted by molar-refractivity contribution is 0.0529. The maximum absolute atomic E-state index is 12.7. The molecule has 9 nitrogen and oxygen atoms in total. The van der Waals surface area contributed by atoms with Gasteiger partial charge >= 0.3 is 5.97 Å². The molecule has 9 heteroatoms. The highest BCUT2D eigenvalue weighted by atomic mass is 16.5. The molecule has 3 aromatic heterocycles. The van der Waals surface area contributed by atoms with E-state index in [1.807, 2.05) is 6.07 Å². The van der Waals surface area contributed by atoms with E-state index in [1.165, 1.54) is 10.6 Å². The van der Waals surface area contributed by atoms with Crippen LogP contribution in [0.15, 0.2) is 35.4 Å². The number of hydrogen-bond donors (Lipinski definition) is 2. The number of pyridine rings is 2. The van der Waals surface area contributed by atoms with Gasteiger partial charge in [0.05, 0.1) is 17.8 Å². The van der Waals surface area contributed by atoms with E-state index in [4.69, 9.17) is 10.5 Å². The largest absolute Gasteiger partial charge is 0.462 e. The van der Waals surface area contributed by atoms with Gasteiger partial charge in [0.25, 0.3) is 5.56 Å². The van der Waals surface area contributed by atoms with Crippen LogP contribution in [0.3, 0.4) is 0 Å². The summed E-state index contributed by atoms with van der Waals surface area (Å²) in [6, 6.07) is 6.84. The van der Waals surface area contributed by atoms with Gasteiger partial charge in [-0.2, -0.15) is 5.26 Å². The van der Waals surface area contributed by atoms with Crippen molar-refractivity contribution < 1.29 is 9.53 Å². The van der Waals surface area contributed by atoms with Gasteiger partial charge < -0.3 is 15.8 Å². The summed E-state index contributed by atoms with van der Waals surface area (Å²) in [5, 5.41) is 12.6. The van der Waals surface area contributed by atoms with Crippen molar-refractivity contribution in [2.75, 3.05) is 17.7 Å². The number of nitrogens with two attached hydrogens (primary N) is 1. The van der Waals surface area contributed by atoms with Gasteiger partial charge in [-0.05, 0) is 26.0 Å². The molecule has 3 heterocycles. The Kier molecular flexibility index (Phi) is 5.22. The number of anilines is 2. The van der Waals surface area contributed by atoms with Crippen LogP contribution >= 0.6 is 0 Å². The van der Waals surface area contributed by atoms with Crippen molar-refractivity contribution in [2.24, 2.45) is 0 Å². The Bertz CT molecular complexity index is 1160. The summed E-state index contributed by atoms with van der Waals surface area (Å²) in [4.78, 5) is 33.6. The highest BCUT2D eigenvalue weighted by molar-refractivity contribution is 6.04. The molecule has 3 rings (SSSR count). The van der Waals surface area contributed by atoms with E-state index in [1.54, 1.807) is 38.2 Å². The van der Waals surface area contributed by atoms with Gasteiger partial charge in [0.15, 0.2) is 0 Å². The molecule has 0 spiro atoms. The molecular weight excluding hydrogens is 360 g/mol. The lowest BCUT2D eigenvalue weighted by Crippen LogP contribution is -2.24. The van der Waals surface area contributed by atoms with Crippen LogP contribution in [-0.2, 0) is 11.3 Å². The molecule has 0 fully saturated rings. The topological polar surface area (TPSA) is 135 Å². The second kappa shape index (κ2) is 7.75. The van der Waals surface area contributed by atoms with Crippen molar-refractivity contribution >= 4 is 23.0 Å². The molecule has 0 saturated heterocycles. The number of nitrogens with one attached hydrogen (secondary N) is 1. The van der Waals surface area contributed by atoms with Gasteiger partial charge in [-0.25, -0.2) is 14.8 Å². The first-order valence-corrected chi connectivity index (χ1v) is 8.54. The molecule has 0 saturated carbocycles. The molecule has 0 atom stereocenters. The number of fused-ring (bicyclic) bond motifs is 1. The van der Waals surface area contributed by atoms with Crippen LogP contribution < -0.4 is 16.6 Å². The second-order valence-corrected chi connectivity index (χ2v) is 5.90. The minimum atomic E-state index is -0.640. The van der Waals surface area contributed by atoms with Crippen molar-refractivity contribution in [1.82, 2.24) is 14.4 Å². The van der Waals surface area contributed by atoms with E-state index in [-0.39, 0.29) is 35.8 Å². The quantitative estimate of drug-likeness (QED) is 0.640. The predicted molar refractivity (Wildman–Crippen MR) is 103 cm³/mol. The second-order valence-electron chi connectivity index (χ2n) is 5.90. The average molecular weight is 378 g/mol. The Labute approximate surface area is 160 Å². The van der Waals surface area contributed by atoms with Gasteiger partial charge in [0, 0.05) is 24.5 Å². The van der Waals surface area contributed by atoms with Gasteiger partial charge in [-0.15, -0.1) is 0 Å². The van der Waals surface area contributed by atoms with E-state index in [0.29, 0.717) is 16.9 Å². The molecule has 3 aromatic rings. The Balaban J connectivity index is 2.19. The number of carbonyl (C=O) groups is 1. The van der Waals surface area contributed by atoms with Crippen molar-refractivity contribution in [1.29, 1.82) is 5.26 Å². The minimum Gasteiger partial charge on any atom is -0.462 e. The molecule has 0 aromatic carbocycles. The van der Waals surface area contributed by atoms with Crippen molar-refractivity contribution in [3.05, 3.63) is 63.5 Å². The normalized spacial score (nSPS) is 10.5. The molecule has 0 amide bonds. The maximum atomic E-state index is 12.7. The van der Waals surface area contributed by atoms with Crippen LogP contribution in [0.4, 0.5) is 11.5 Å². The number of aryl methyl sites for hydroxylation is 1. The summed E-state index contributed by atoms with van der Waals surface area (Å²) < 4.78 is 6.40. The highest BCUT2D eigenvalue weighted by Crippen LogP contribution is 2.25. The standard InChI is InChI=1S/C19H18N6O3/c1-3-28-19(27)15-14-6-4-5-7-25(14)18(26)13(8-20)16(15)23-10-12-9-22-11(2)24-17(12)21/h4-7,9,23H,3,10H2,1-2H3,(H2,21,22,24). The number of nitrogen functional groups attached to an aromatic ring is 1. The van der Waals surface area contributed by atoms with E-state index in [2.05, 4.69) is 15.3 Å². The van der Waals surface area contributed by atoms with Crippen LogP contribution in [0, 0.1) is 18.3 Å². The summed E-state index contributed by atoms with van der Waals surface area (Å²) in [7, 11) is 0. The zero-order chi connectivity index (χ0) is 20.3. The van der Waals surface area contributed by atoms with Crippen molar-refractivity contribution in [3.63, 3.8) is 0 Å². The first-order valence-electron chi connectivity index (χ1n) is 8.54. The van der Waals surface area contributed by atoms with E-state index in [0.717, 1.165) is 0 Å². The average Bonchev–Trinajstić information content (AvgIpc) is 2.67. The van der Waals surface area contributed by atoms with Crippen LogP contribution in [0.25, 0.3) is 5.52 Å². The molecule has 0 aliphatic rings. The zero-order valence-electron chi connectivity index (χ0n) is 15.4. The Morgan fingerprint density at radius 1 is 1.43 bits per heavy atom. The fraction of sp³-hybridized carbons (Fsp3) is 0.211. The third kappa shape index (κ3) is 3.35. The first kappa shape index (κ1) is 18.8. The zero-order valence-corrected chi connectivity index (χ0v) is 15.4. The van der Waals surface area contributed by atoms with Crippen molar-refractivity contribution in [2.45, 2.75) is 20.4 Å². The van der Waals surface area contributed by atoms with Crippen LogP contribution in [0.5, 0.6) is 0 Å². The smallest absolute Gasteiger partial charge is 0.342 e. The number of rotatable bonds is 5. The summed E-state index contributed by atoms with van der Waals surface area (Å²) in [5.74, 6) is 0.155. The Morgan fingerprint density at radius 3 is 2.89 bits per heavy atom. The van der Waals surface area contributed by atoms with E-state index in [9.17, 15) is 14.9 Å². The molecule has 142 valence electrons. The number of ether oxygens (including phenoxy) is 1. The lowest BCUT2D eigenvalue weighted by Gasteiger charge is -2.16. The summed E-state index contributed by atoms with van der Waals surface area (Å²) in [5.41, 5.74) is 6.27. The fourth-order valence-electron chi connectivity index (χ4n) is 2.83. The van der Waals surface area contributed by atoms with Gasteiger partial charge in [0.2, 0.25) is 0 Å². The molecule has 0 radical (unpaired) electrons. The number of nitrogens with zero attached hydrogens (tertiary/aromatic N) is 4. The number of carbonyl (C=O) groups excluding carboxylic acids is 1. The SMILES string of the molecule is CCOC(=O)c1c(NCc2cnc(C)nc2N)c(C#N)c(=O)n2ccccc12. The third-order valence-corrected chi connectivity index (χ3v) is 4.11. The first-order chi connectivity index (χ1) is 13.5. The number of hydrogen-bond acceptors (Lipinski definition) is 8. The van der Waals surface area contributed by atoms with Gasteiger partial charge in [-0.3, -0.25) is 9.20 Å². The number of nitriles is 1. The molecule has 3 N–H and O–H groups in total. The summed E-state index contributed by atoms with van der Waals surface area (Å²) >= 11 is 0. The Hall–Kier alpha value is -3.93. The molecule has 0 unspecified atom stereocenters. The van der Waals surface area contributed by atoms with Crippen molar-refractivity contribution in [3.8, 4) is 6.07 Å². The van der Waals surface area contributed by atoms with E-state index >= 15 is 0 Å². The molecule has 28 heavy (non-hydrogen) atoms. The number of aromatic nitrogens is 3. The Morgan fingerprint density at radius 2 is 2.21 bits per heavy atom. The monoisotopic (exact) mass is 378 g/mol. The molecule has 0 aliphatic heterocycles. The fourth-order valence-corrected chi connectivity index (χ4v) is 2.83. The minimum absolute atomic E-state index is 0.0946. The van der Waals surface area contributed by atoms with Gasteiger partial charge in [-0.1, -0.05) is 6.07 Å². The highest BCUT2D eigenvalue weighted by Gasteiger charge is 2.24. The van der Waals surface area contributed by atoms with Gasteiger partial charge in [0.1, 0.15) is 28.8 Å². The van der Waals surface area contributed by atoms with Crippen LogP contribution in [0.2, 0.25) is 0 Å². The predicted octanol–water partition coefficient (Wildman–Crippen LogP) is 1.64. The lowest BCUT2D eigenvalue weighted by atomic mass is 10.1. The molecule has 0 aliphatic carbocycles. The van der Waals surface area contributed by atoms with Crippen LogP contribution in [0.1, 0.15) is 34.2 Å².